The normalized spacial score (nSPS) is 13.8. The van der Waals surface area contributed by atoms with E-state index in [4.69, 9.17) is 0 Å². The Labute approximate surface area is 231 Å². The van der Waals surface area contributed by atoms with Crippen LogP contribution in [0.2, 0.25) is 0 Å². The fourth-order valence-corrected chi connectivity index (χ4v) is 6.91. The van der Waals surface area contributed by atoms with Crippen LogP contribution in [-0.2, 0) is 0 Å². The Bertz CT molecular complexity index is 2380. The van der Waals surface area contributed by atoms with E-state index in [9.17, 15) is 0 Å². The highest BCUT2D eigenvalue weighted by Gasteiger charge is 2.18. The molecule has 0 saturated carbocycles. The van der Waals surface area contributed by atoms with E-state index < -0.39 is 0 Å². The molecule has 1 N–H and O–H groups in total. The van der Waals surface area contributed by atoms with Crippen LogP contribution < -0.4 is 0 Å². The van der Waals surface area contributed by atoms with Gasteiger partial charge in [-0.15, -0.1) is 0 Å². The van der Waals surface area contributed by atoms with Crippen molar-refractivity contribution in [3.05, 3.63) is 127 Å². The Morgan fingerprint density at radius 2 is 1.23 bits per heavy atom. The number of allylic oxidation sites excluding steroid dienone is 4. The van der Waals surface area contributed by atoms with Gasteiger partial charge < -0.3 is 9.55 Å². The third-order valence-electron chi connectivity index (χ3n) is 8.75. The lowest BCUT2D eigenvalue weighted by Crippen LogP contribution is -1.98. The SMILES string of the molecule is C1=CCCC(n2c3ccc(-c4ccc5[nH]c6ccc7ccccc7c6c5c4)cc3c3c4ccccc4ccc32)=C1. The fraction of sp³-hybridized carbons (Fsp3) is 0.0526. The summed E-state index contributed by atoms with van der Waals surface area (Å²) in [5.41, 5.74) is 8.76. The predicted molar refractivity (Wildman–Crippen MR) is 172 cm³/mol. The van der Waals surface area contributed by atoms with Crippen molar-refractivity contribution >= 4 is 70.9 Å². The fourth-order valence-electron chi connectivity index (χ4n) is 6.91. The molecule has 2 heteroatoms. The second kappa shape index (κ2) is 8.21. The van der Waals surface area contributed by atoms with E-state index >= 15 is 0 Å². The Hall–Kier alpha value is -5.08. The van der Waals surface area contributed by atoms with Crippen molar-refractivity contribution < 1.29 is 0 Å². The molecule has 0 saturated heterocycles. The van der Waals surface area contributed by atoms with E-state index in [0.717, 1.165) is 12.8 Å². The maximum atomic E-state index is 3.65. The first-order chi connectivity index (χ1) is 19.8. The van der Waals surface area contributed by atoms with Gasteiger partial charge in [0.1, 0.15) is 0 Å². The van der Waals surface area contributed by atoms with Crippen LogP contribution in [0.4, 0.5) is 0 Å². The zero-order valence-electron chi connectivity index (χ0n) is 22.0. The summed E-state index contributed by atoms with van der Waals surface area (Å²) in [5, 5.41) is 10.4. The zero-order chi connectivity index (χ0) is 26.2. The van der Waals surface area contributed by atoms with Crippen molar-refractivity contribution in [2.24, 2.45) is 0 Å². The standard InChI is InChI=1S/C38H26N2/c1-2-10-28(11-3-1)40-35-20-17-27(23-32(35)38-30-13-7-5-9-25(30)16-21-36(38)40)26-15-18-33-31(22-26)37-29-12-6-4-8-24(29)14-19-34(37)39-33/h1-2,4-10,12-23,39H,3,11H2. The second-order valence-electron chi connectivity index (χ2n) is 11.0. The molecule has 2 nitrogen and oxygen atoms in total. The highest BCUT2D eigenvalue weighted by molar-refractivity contribution is 6.23. The highest BCUT2D eigenvalue weighted by atomic mass is 15.0. The third-order valence-corrected chi connectivity index (χ3v) is 8.75. The smallest absolute Gasteiger partial charge is 0.0544 e. The van der Waals surface area contributed by atoms with Gasteiger partial charge in [-0.2, -0.15) is 0 Å². The Balaban J connectivity index is 1.34. The van der Waals surface area contributed by atoms with Crippen molar-refractivity contribution in [3.8, 4) is 11.1 Å². The van der Waals surface area contributed by atoms with Crippen molar-refractivity contribution in [1.29, 1.82) is 0 Å². The molecule has 0 amide bonds. The molecule has 9 rings (SSSR count). The summed E-state index contributed by atoms with van der Waals surface area (Å²) < 4.78 is 2.49. The molecule has 0 bridgehead atoms. The summed E-state index contributed by atoms with van der Waals surface area (Å²) in [7, 11) is 0. The van der Waals surface area contributed by atoms with Crippen molar-refractivity contribution in [2.45, 2.75) is 12.8 Å². The average Bonchev–Trinajstić information content (AvgIpc) is 3.57. The molecule has 8 aromatic rings. The molecule has 1 aliphatic carbocycles. The van der Waals surface area contributed by atoms with Gasteiger partial charge in [0.05, 0.1) is 11.0 Å². The maximum absolute atomic E-state index is 3.65. The van der Waals surface area contributed by atoms with E-state index in [1.807, 2.05) is 0 Å². The summed E-state index contributed by atoms with van der Waals surface area (Å²) in [6, 6.07) is 40.4. The number of aromatic amines is 1. The van der Waals surface area contributed by atoms with Crippen LogP contribution in [0.25, 0.3) is 82.0 Å². The van der Waals surface area contributed by atoms with E-state index in [2.05, 4.69) is 137 Å². The van der Waals surface area contributed by atoms with Crippen LogP contribution in [0.1, 0.15) is 12.8 Å². The number of nitrogens with zero attached hydrogens (tertiary/aromatic N) is 1. The molecule has 0 unspecified atom stereocenters. The summed E-state index contributed by atoms with van der Waals surface area (Å²) in [6.45, 7) is 0. The molecule has 0 spiro atoms. The number of H-pyrrole nitrogens is 1. The first-order valence-corrected chi connectivity index (χ1v) is 14.1. The van der Waals surface area contributed by atoms with Gasteiger partial charge >= 0.3 is 0 Å². The summed E-state index contributed by atoms with van der Waals surface area (Å²) in [6.07, 6.45) is 8.87. The minimum absolute atomic E-state index is 1.05. The molecule has 6 aromatic carbocycles. The molecular weight excluding hydrogens is 484 g/mol. The van der Waals surface area contributed by atoms with Gasteiger partial charge in [-0.05, 0) is 88.0 Å². The lowest BCUT2D eigenvalue weighted by atomic mass is 9.98. The molecule has 1 aliphatic rings. The van der Waals surface area contributed by atoms with E-state index in [0.29, 0.717) is 0 Å². The van der Waals surface area contributed by atoms with Crippen LogP contribution in [0.15, 0.2) is 127 Å². The minimum Gasteiger partial charge on any atom is -0.354 e. The highest BCUT2D eigenvalue weighted by Crippen LogP contribution is 2.41. The van der Waals surface area contributed by atoms with Gasteiger partial charge in [-0.25, -0.2) is 0 Å². The lowest BCUT2D eigenvalue weighted by molar-refractivity contribution is 0.979. The Kier molecular flexibility index (Phi) is 4.48. The monoisotopic (exact) mass is 510 g/mol. The molecule has 0 radical (unpaired) electrons. The quantitative estimate of drug-likeness (QED) is 0.239. The number of hydrogen-bond acceptors (Lipinski definition) is 0. The number of nitrogens with one attached hydrogen (secondary N) is 1. The number of fused-ring (bicyclic) bond motifs is 10. The molecule has 0 aliphatic heterocycles. The van der Waals surface area contributed by atoms with Crippen molar-refractivity contribution in [1.82, 2.24) is 9.55 Å². The summed E-state index contributed by atoms with van der Waals surface area (Å²) in [5.74, 6) is 0. The molecule has 40 heavy (non-hydrogen) atoms. The van der Waals surface area contributed by atoms with Crippen LogP contribution in [0, 0.1) is 0 Å². The van der Waals surface area contributed by atoms with Gasteiger partial charge in [0.15, 0.2) is 0 Å². The van der Waals surface area contributed by atoms with Gasteiger partial charge in [0, 0.05) is 38.3 Å². The van der Waals surface area contributed by atoms with Crippen LogP contribution in [0.3, 0.4) is 0 Å². The largest absolute Gasteiger partial charge is 0.354 e. The van der Waals surface area contributed by atoms with E-state index in [1.54, 1.807) is 0 Å². The predicted octanol–water partition coefficient (Wildman–Crippen LogP) is 10.6. The second-order valence-corrected chi connectivity index (χ2v) is 11.0. The minimum atomic E-state index is 1.05. The third kappa shape index (κ3) is 3.05. The van der Waals surface area contributed by atoms with E-state index in [1.165, 1.54) is 82.0 Å². The zero-order valence-corrected chi connectivity index (χ0v) is 22.0. The number of hydrogen-bond donors (Lipinski definition) is 1. The molecule has 188 valence electrons. The molecule has 0 fully saturated rings. The van der Waals surface area contributed by atoms with Gasteiger partial charge in [-0.1, -0.05) is 84.9 Å². The number of aromatic nitrogens is 2. The molecule has 2 aromatic heterocycles. The lowest BCUT2D eigenvalue weighted by Gasteiger charge is -2.14. The first-order valence-electron chi connectivity index (χ1n) is 14.1. The van der Waals surface area contributed by atoms with Gasteiger partial charge in [0.2, 0.25) is 0 Å². The molecule has 0 atom stereocenters. The topological polar surface area (TPSA) is 20.7 Å². The maximum Gasteiger partial charge on any atom is 0.0544 e. The average molecular weight is 511 g/mol. The number of rotatable bonds is 2. The Morgan fingerprint density at radius 1 is 0.550 bits per heavy atom. The summed E-state index contributed by atoms with van der Waals surface area (Å²) >= 11 is 0. The Morgan fingerprint density at radius 3 is 2.02 bits per heavy atom. The van der Waals surface area contributed by atoms with Gasteiger partial charge in [-0.3, -0.25) is 0 Å². The molecule has 2 heterocycles. The van der Waals surface area contributed by atoms with Crippen LogP contribution in [-0.4, -0.2) is 9.55 Å². The van der Waals surface area contributed by atoms with Gasteiger partial charge in [0.25, 0.3) is 0 Å². The summed E-state index contributed by atoms with van der Waals surface area (Å²) in [4.78, 5) is 3.65. The van der Waals surface area contributed by atoms with Crippen LogP contribution in [0.5, 0.6) is 0 Å². The van der Waals surface area contributed by atoms with Crippen molar-refractivity contribution in [3.63, 3.8) is 0 Å². The van der Waals surface area contributed by atoms with Crippen molar-refractivity contribution in [2.75, 3.05) is 0 Å². The van der Waals surface area contributed by atoms with E-state index in [-0.39, 0.29) is 0 Å². The first kappa shape index (κ1) is 21.8. The number of benzene rings is 6. The van der Waals surface area contributed by atoms with Crippen LogP contribution >= 0.6 is 0 Å². The molecular formula is C38H26N2.